The SMILES string of the molecule is COC(=O)COc1c(Br)cc(C=NNC(=O)C(NC(=O)c2ccc3c(c2)OCO3)C(C)C)cc1OC. The lowest BCUT2D eigenvalue weighted by Gasteiger charge is -2.20. The van der Waals surface area contributed by atoms with E-state index in [2.05, 4.69) is 36.5 Å². The molecule has 1 unspecified atom stereocenters. The van der Waals surface area contributed by atoms with Gasteiger partial charge in [-0.15, -0.1) is 0 Å². The number of amides is 2. The van der Waals surface area contributed by atoms with Crippen molar-refractivity contribution < 1.29 is 38.1 Å². The van der Waals surface area contributed by atoms with E-state index in [1.165, 1.54) is 20.4 Å². The predicted octanol–water partition coefficient (Wildman–Crippen LogP) is 2.64. The number of nitrogens with one attached hydrogen (secondary N) is 2. The Labute approximate surface area is 216 Å². The zero-order chi connectivity index (χ0) is 26.2. The Morgan fingerprint density at radius 3 is 2.58 bits per heavy atom. The fourth-order valence-corrected chi connectivity index (χ4v) is 3.76. The Morgan fingerprint density at radius 2 is 1.89 bits per heavy atom. The number of benzene rings is 2. The van der Waals surface area contributed by atoms with Crippen LogP contribution >= 0.6 is 15.9 Å². The number of ether oxygens (including phenoxy) is 5. The molecule has 0 bridgehead atoms. The van der Waals surface area contributed by atoms with Gasteiger partial charge >= 0.3 is 5.97 Å². The topological polar surface area (TPSA) is 134 Å². The lowest BCUT2D eigenvalue weighted by Crippen LogP contribution is -2.48. The Bertz CT molecular complexity index is 1170. The minimum absolute atomic E-state index is 0.0983. The Balaban J connectivity index is 1.65. The Morgan fingerprint density at radius 1 is 1.14 bits per heavy atom. The molecule has 1 atom stereocenters. The molecule has 0 aliphatic carbocycles. The third kappa shape index (κ3) is 6.66. The molecule has 0 saturated carbocycles. The largest absolute Gasteiger partial charge is 0.493 e. The maximum atomic E-state index is 12.8. The zero-order valence-electron chi connectivity index (χ0n) is 20.1. The molecular weight excluding hydrogens is 538 g/mol. The normalized spacial score (nSPS) is 12.8. The van der Waals surface area contributed by atoms with E-state index in [1.807, 2.05) is 13.8 Å². The number of fused-ring (bicyclic) bond motifs is 1. The molecule has 2 aromatic rings. The van der Waals surface area contributed by atoms with E-state index in [-0.39, 0.29) is 19.3 Å². The van der Waals surface area contributed by atoms with Gasteiger partial charge in [0.25, 0.3) is 11.8 Å². The van der Waals surface area contributed by atoms with Crippen molar-refractivity contribution in [1.82, 2.24) is 10.7 Å². The van der Waals surface area contributed by atoms with E-state index in [4.69, 9.17) is 18.9 Å². The molecule has 1 aliphatic rings. The number of carbonyl (C=O) groups excluding carboxylic acids is 3. The summed E-state index contributed by atoms with van der Waals surface area (Å²) in [5.41, 5.74) is 3.37. The molecule has 1 aliphatic heterocycles. The molecule has 2 aromatic carbocycles. The van der Waals surface area contributed by atoms with E-state index in [0.717, 1.165) is 0 Å². The predicted molar refractivity (Wildman–Crippen MR) is 133 cm³/mol. The van der Waals surface area contributed by atoms with Gasteiger partial charge in [0, 0.05) is 5.56 Å². The van der Waals surface area contributed by atoms with Crippen molar-refractivity contribution in [2.75, 3.05) is 27.6 Å². The van der Waals surface area contributed by atoms with Gasteiger partial charge in [-0.25, -0.2) is 10.2 Å². The first kappa shape index (κ1) is 26.8. The van der Waals surface area contributed by atoms with Crippen LogP contribution < -0.4 is 29.7 Å². The molecule has 192 valence electrons. The summed E-state index contributed by atoms with van der Waals surface area (Å²) in [5, 5.41) is 6.73. The molecule has 0 fully saturated rings. The summed E-state index contributed by atoms with van der Waals surface area (Å²) < 4.78 is 26.4. The third-order valence-corrected chi connectivity index (χ3v) is 5.66. The summed E-state index contributed by atoms with van der Waals surface area (Å²) in [7, 11) is 2.71. The van der Waals surface area contributed by atoms with Crippen LogP contribution in [0.3, 0.4) is 0 Å². The summed E-state index contributed by atoms with van der Waals surface area (Å²) in [4.78, 5) is 36.9. The zero-order valence-corrected chi connectivity index (χ0v) is 21.7. The van der Waals surface area contributed by atoms with Crippen molar-refractivity contribution in [1.29, 1.82) is 0 Å². The van der Waals surface area contributed by atoms with E-state index in [0.29, 0.717) is 38.6 Å². The minimum atomic E-state index is -0.838. The summed E-state index contributed by atoms with van der Waals surface area (Å²) in [6, 6.07) is 7.26. The number of nitrogens with zero attached hydrogens (tertiary/aromatic N) is 1. The quantitative estimate of drug-likeness (QED) is 0.256. The van der Waals surface area contributed by atoms with Gasteiger partial charge in [0.2, 0.25) is 6.79 Å². The number of rotatable bonds is 10. The van der Waals surface area contributed by atoms with E-state index < -0.39 is 23.8 Å². The average molecular weight is 564 g/mol. The Hall–Kier alpha value is -3.80. The lowest BCUT2D eigenvalue weighted by atomic mass is 10.0. The van der Waals surface area contributed by atoms with Crippen molar-refractivity contribution >= 4 is 39.9 Å². The van der Waals surface area contributed by atoms with Gasteiger partial charge in [0.15, 0.2) is 29.6 Å². The van der Waals surface area contributed by atoms with Crippen molar-refractivity contribution in [3.05, 3.63) is 45.9 Å². The molecule has 1 heterocycles. The second-order valence-corrected chi connectivity index (χ2v) is 8.75. The van der Waals surface area contributed by atoms with E-state index in [9.17, 15) is 14.4 Å². The molecule has 12 heteroatoms. The first-order valence-electron chi connectivity index (χ1n) is 10.8. The van der Waals surface area contributed by atoms with Gasteiger partial charge in [-0.3, -0.25) is 9.59 Å². The maximum absolute atomic E-state index is 12.8. The van der Waals surface area contributed by atoms with Crippen LogP contribution in [0.1, 0.15) is 29.8 Å². The number of hydrazone groups is 1. The minimum Gasteiger partial charge on any atom is -0.493 e. The number of carbonyl (C=O) groups is 3. The van der Waals surface area contributed by atoms with Crippen molar-refractivity contribution in [3.8, 4) is 23.0 Å². The molecule has 0 radical (unpaired) electrons. The van der Waals surface area contributed by atoms with Crippen LogP contribution in [0.4, 0.5) is 0 Å². The molecule has 2 N–H and O–H groups in total. The number of halogens is 1. The van der Waals surface area contributed by atoms with Crippen LogP contribution in [0, 0.1) is 5.92 Å². The summed E-state index contributed by atoms with van der Waals surface area (Å²) in [6.45, 7) is 3.43. The van der Waals surface area contributed by atoms with Crippen molar-refractivity contribution in [2.24, 2.45) is 11.0 Å². The van der Waals surface area contributed by atoms with Gasteiger partial charge in [-0.1, -0.05) is 13.8 Å². The molecule has 2 amide bonds. The first-order chi connectivity index (χ1) is 17.2. The smallest absolute Gasteiger partial charge is 0.343 e. The molecule has 0 aromatic heterocycles. The second-order valence-electron chi connectivity index (χ2n) is 7.90. The van der Waals surface area contributed by atoms with Crippen LogP contribution in [0.2, 0.25) is 0 Å². The van der Waals surface area contributed by atoms with Gasteiger partial charge < -0.3 is 29.0 Å². The summed E-state index contributed by atoms with van der Waals surface area (Å²) in [6.07, 6.45) is 1.41. The summed E-state index contributed by atoms with van der Waals surface area (Å²) in [5.74, 6) is 0.0294. The number of methoxy groups -OCH3 is 2. The average Bonchev–Trinajstić information content (AvgIpc) is 3.33. The Kier molecular flexibility index (Phi) is 9.12. The van der Waals surface area contributed by atoms with Gasteiger partial charge in [-0.05, 0) is 57.7 Å². The van der Waals surface area contributed by atoms with Crippen LogP contribution in [-0.4, -0.2) is 57.7 Å². The highest BCUT2D eigenvalue weighted by Crippen LogP contribution is 2.36. The molecule has 36 heavy (non-hydrogen) atoms. The fourth-order valence-electron chi connectivity index (χ4n) is 3.18. The van der Waals surface area contributed by atoms with Crippen LogP contribution in [0.5, 0.6) is 23.0 Å². The molecule has 3 rings (SSSR count). The standard InChI is InChI=1S/C24H26BrN3O8/c1-13(2)21(27-23(30)15-5-6-17-18(9-15)36-12-35-17)24(31)28-26-10-14-7-16(25)22(19(8-14)32-3)34-11-20(29)33-4/h5-10,13,21H,11-12H2,1-4H3,(H,27,30)(H,28,31). The molecule has 0 spiro atoms. The summed E-state index contributed by atoms with van der Waals surface area (Å²) >= 11 is 3.37. The van der Waals surface area contributed by atoms with E-state index in [1.54, 1.807) is 30.3 Å². The van der Waals surface area contributed by atoms with Gasteiger partial charge in [-0.2, -0.15) is 5.10 Å². The third-order valence-electron chi connectivity index (χ3n) is 5.07. The second kappa shape index (κ2) is 12.2. The lowest BCUT2D eigenvalue weighted by molar-refractivity contribution is -0.143. The van der Waals surface area contributed by atoms with Crippen LogP contribution in [0.25, 0.3) is 0 Å². The number of hydrogen-bond acceptors (Lipinski definition) is 9. The molecule has 0 saturated heterocycles. The highest BCUT2D eigenvalue weighted by atomic mass is 79.9. The highest BCUT2D eigenvalue weighted by Gasteiger charge is 2.25. The van der Waals surface area contributed by atoms with Gasteiger partial charge in [0.1, 0.15) is 6.04 Å². The van der Waals surface area contributed by atoms with Crippen molar-refractivity contribution in [2.45, 2.75) is 19.9 Å². The van der Waals surface area contributed by atoms with E-state index >= 15 is 0 Å². The first-order valence-corrected chi connectivity index (χ1v) is 11.6. The monoisotopic (exact) mass is 563 g/mol. The number of esters is 1. The molecule has 11 nitrogen and oxygen atoms in total. The highest BCUT2D eigenvalue weighted by molar-refractivity contribution is 9.10. The van der Waals surface area contributed by atoms with Crippen LogP contribution in [-0.2, 0) is 14.3 Å². The molecular formula is C24H26BrN3O8. The maximum Gasteiger partial charge on any atom is 0.343 e. The van der Waals surface area contributed by atoms with Gasteiger partial charge in [0.05, 0.1) is 24.9 Å². The number of hydrogen-bond donors (Lipinski definition) is 2. The van der Waals surface area contributed by atoms with Crippen molar-refractivity contribution in [3.63, 3.8) is 0 Å². The van der Waals surface area contributed by atoms with Crippen LogP contribution in [0.15, 0.2) is 39.9 Å². The fraction of sp³-hybridized carbons (Fsp3) is 0.333.